The van der Waals surface area contributed by atoms with Crippen molar-refractivity contribution in [1.29, 1.82) is 0 Å². The number of oxime groups is 1. The van der Waals surface area contributed by atoms with Gasteiger partial charge in [-0.3, -0.25) is 14.4 Å². The summed E-state index contributed by atoms with van der Waals surface area (Å²) in [5.74, 6) is -1.34. The zero-order chi connectivity index (χ0) is 47.6. The number of rotatable bonds is 20. The van der Waals surface area contributed by atoms with E-state index >= 15 is 4.79 Å². The highest BCUT2D eigenvalue weighted by molar-refractivity contribution is 6.02. The molecule has 2 aromatic rings. The van der Waals surface area contributed by atoms with Gasteiger partial charge in [-0.2, -0.15) is 0 Å². The minimum atomic E-state index is -1.08. The maximum Gasteiger partial charge on any atom is 0.407 e. The SMILES string of the molecule is C=CCc1ccccc1C(COC(=O)NC(C(=O)N1C[C@@]2(CC(c3ccccc3)=NO2)C[C@H]1C(=O)N[C@@H](CCC)C(O[C@@H](C)CC)C(=O)NC1CC1)C(C)(C)C)C(C)C=C.CC.CC. The summed E-state index contributed by atoms with van der Waals surface area (Å²) in [6, 6.07) is 15.1. The van der Waals surface area contributed by atoms with Gasteiger partial charge in [0.25, 0.3) is 5.91 Å². The van der Waals surface area contributed by atoms with Gasteiger partial charge in [0, 0.05) is 24.8 Å². The molecule has 64 heavy (non-hydrogen) atoms. The number of carbonyl (C=O) groups excluding carboxylic acids is 4. The van der Waals surface area contributed by atoms with Crippen LogP contribution >= 0.6 is 0 Å². The first-order chi connectivity index (χ1) is 30.6. The third-order valence-electron chi connectivity index (χ3n) is 12.0. The van der Waals surface area contributed by atoms with E-state index in [1.165, 1.54) is 4.90 Å². The summed E-state index contributed by atoms with van der Waals surface area (Å²) in [5.41, 5.74) is 1.95. The van der Waals surface area contributed by atoms with E-state index in [-0.39, 0.29) is 49.5 Å². The number of nitrogens with one attached hydrogen (secondary N) is 3. The Bertz CT molecular complexity index is 1860. The number of benzene rings is 2. The summed E-state index contributed by atoms with van der Waals surface area (Å²) in [6.45, 7) is 29.5. The van der Waals surface area contributed by atoms with Crippen LogP contribution in [0.15, 0.2) is 85.1 Å². The first kappa shape index (κ1) is 53.4. The summed E-state index contributed by atoms with van der Waals surface area (Å²) in [6.07, 6.45) is 6.66. The Kier molecular flexibility index (Phi) is 21.3. The molecule has 3 aliphatic rings. The minimum Gasteiger partial charge on any atom is -0.449 e. The number of carbonyl (C=O) groups is 4. The Morgan fingerprint density at radius 1 is 0.969 bits per heavy atom. The van der Waals surface area contributed by atoms with Crippen LogP contribution in [0.25, 0.3) is 0 Å². The van der Waals surface area contributed by atoms with Crippen molar-refractivity contribution in [1.82, 2.24) is 20.9 Å². The highest BCUT2D eigenvalue weighted by Gasteiger charge is 2.56. The molecule has 0 bridgehead atoms. The lowest BCUT2D eigenvalue weighted by atomic mass is 9.84. The van der Waals surface area contributed by atoms with E-state index in [4.69, 9.17) is 14.3 Å². The van der Waals surface area contributed by atoms with E-state index in [0.717, 1.165) is 35.2 Å². The Morgan fingerprint density at radius 2 is 1.62 bits per heavy atom. The van der Waals surface area contributed by atoms with Gasteiger partial charge in [-0.15, -0.1) is 13.2 Å². The summed E-state index contributed by atoms with van der Waals surface area (Å²) in [4.78, 5) is 64.8. The standard InChI is InChI=1S/C48H67N5O7.2C2H6/c1-10-19-33-21-17-18-24-36(33)37(31(5)12-3)29-58-46(57)51-42(47(7,8)9)45(56)53-30-48(27-39(52-60-48)34-22-15-14-16-23-34)28-40(53)43(54)50-38(20-11-2)41(59-32(6)13-4)44(55)49-35-25-26-35;2*1-2/h10,12,14-18,21-24,31-32,35,37-38,40-42H,1,3,11,13,19-20,25-30H2,2,4-9H3,(H,49,55)(H,50,54)(H,51,57);2*1-2H3/t31?,32-,37?,38-,40-,41?,42?,48+;;/m0../s1. The second-order valence-electron chi connectivity index (χ2n) is 17.9. The van der Waals surface area contributed by atoms with Gasteiger partial charge in [0.1, 0.15) is 18.7 Å². The molecule has 354 valence electrons. The third-order valence-corrected chi connectivity index (χ3v) is 12.0. The van der Waals surface area contributed by atoms with Crippen LogP contribution < -0.4 is 16.0 Å². The molecule has 2 fully saturated rings. The quantitative estimate of drug-likeness (QED) is 0.112. The van der Waals surface area contributed by atoms with Crippen LogP contribution in [0.4, 0.5) is 4.79 Å². The van der Waals surface area contributed by atoms with Gasteiger partial charge in [0.15, 0.2) is 11.7 Å². The molecule has 4 unspecified atom stereocenters. The molecule has 8 atom stereocenters. The van der Waals surface area contributed by atoms with Crippen LogP contribution in [0.3, 0.4) is 0 Å². The Balaban J connectivity index is 0.00000265. The minimum absolute atomic E-state index is 0.0234. The van der Waals surface area contributed by atoms with E-state index in [0.29, 0.717) is 32.1 Å². The van der Waals surface area contributed by atoms with Crippen molar-refractivity contribution in [2.24, 2.45) is 16.5 Å². The average molecular weight is 886 g/mol. The van der Waals surface area contributed by atoms with Gasteiger partial charge < -0.3 is 35.2 Å². The molecule has 0 aromatic heterocycles. The molecule has 1 saturated heterocycles. The number of nitrogens with zero attached hydrogens (tertiary/aromatic N) is 2. The molecule has 2 aromatic carbocycles. The maximum absolute atomic E-state index is 15.0. The molecule has 2 heterocycles. The van der Waals surface area contributed by atoms with Crippen molar-refractivity contribution in [3.8, 4) is 0 Å². The Hall–Kier alpha value is -4.97. The van der Waals surface area contributed by atoms with Crippen LogP contribution in [-0.2, 0) is 35.1 Å². The first-order valence-electron chi connectivity index (χ1n) is 23.7. The summed E-state index contributed by atoms with van der Waals surface area (Å²) < 4.78 is 12.2. The first-order valence-corrected chi connectivity index (χ1v) is 23.7. The molecule has 12 nitrogen and oxygen atoms in total. The number of hydrogen-bond donors (Lipinski definition) is 3. The molecule has 2 aliphatic heterocycles. The Labute approximate surface area is 384 Å². The Morgan fingerprint density at radius 3 is 2.22 bits per heavy atom. The summed E-state index contributed by atoms with van der Waals surface area (Å²) >= 11 is 0. The summed E-state index contributed by atoms with van der Waals surface area (Å²) in [5, 5.41) is 13.6. The third kappa shape index (κ3) is 14.5. The number of ether oxygens (including phenoxy) is 2. The summed E-state index contributed by atoms with van der Waals surface area (Å²) in [7, 11) is 0. The zero-order valence-electron chi connectivity index (χ0n) is 40.7. The highest BCUT2D eigenvalue weighted by Crippen LogP contribution is 2.40. The molecule has 5 rings (SSSR count). The zero-order valence-corrected chi connectivity index (χ0v) is 40.7. The van der Waals surface area contributed by atoms with Crippen LogP contribution in [0.5, 0.6) is 0 Å². The smallest absolute Gasteiger partial charge is 0.407 e. The molecular weight excluding hydrogens is 807 g/mol. The normalized spacial score (nSPS) is 20.5. The van der Waals surface area contributed by atoms with Crippen molar-refractivity contribution >= 4 is 29.5 Å². The predicted octanol–water partition coefficient (Wildman–Crippen LogP) is 9.43. The fourth-order valence-electron chi connectivity index (χ4n) is 8.07. The van der Waals surface area contributed by atoms with Gasteiger partial charge in [0.2, 0.25) is 11.8 Å². The molecular formula is C52H79N5O7. The number of hydrogen-bond acceptors (Lipinski definition) is 8. The predicted molar refractivity (Wildman–Crippen MR) is 257 cm³/mol. The van der Waals surface area contributed by atoms with E-state index in [2.05, 4.69) is 34.3 Å². The van der Waals surface area contributed by atoms with E-state index in [1.807, 2.05) is 143 Å². The van der Waals surface area contributed by atoms with Gasteiger partial charge in [0.05, 0.1) is 24.4 Å². The average Bonchev–Trinajstić information content (AvgIpc) is 3.89. The van der Waals surface area contributed by atoms with Gasteiger partial charge in [-0.05, 0) is 67.1 Å². The highest BCUT2D eigenvalue weighted by atomic mass is 16.7. The number of amides is 4. The van der Waals surface area contributed by atoms with E-state index in [1.54, 1.807) is 0 Å². The topological polar surface area (TPSA) is 148 Å². The number of allylic oxidation sites excluding steroid dienone is 2. The van der Waals surface area contributed by atoms with E-state index in [9.17, 15) is 14.4 Å². The lowest BCUT2D eigenvalue weighted by molar-refractivity contribution is -0.145. The van der Waals surface area contributed by atoms with Gasteiger partial charge >= 0.3 is 6.09 Å². The lowest BCUT2D eigenvalue weighted by Crippen LogP contribution is -2.60. The number of alkyl carbamates (subject to hydrolysis) is 1. The van der Waals surface area contributed by atoms with Crippen LogP contribution in [0.1, 0.15) is 144 Å². The van der Waals surface area contributed by atoms with Crippen molar-refractivity contribution < 1.29 is 33.5 Å². The van der Waals surface area contributed by atoms with Gasteiger partial charge in [-0.25, -0.2) is 4.79 Å². The largest absolute Gasteiger partial charge is 0.449 e. The van der Waals surface area contributed by atoms with Crippen LogP contribution in [-0.4, -0.2) is 89.6 Å². The van der Waals surface area contributed by atoms with Crippen molar-refractivity contribution in [3.63, 3.8) is 0 Å². The van der Waals surface area contributed by atoms with Crippen molar-refractivity contribution in [2.45, 2.75) is 175 Å². The van der Waals surface area contributed by atoms with Crippen LogP contribution in [0, 0.1) is 11.3 Å². The van der Waals surface area contributed by atoms with Crippen molar-refractivity contribution in [3.05, 3.63) is 96.6 Å². The monoisotopic (exact) mass is 886 g/mol. The second kappa shape index (κ2) is 25.5. The molecule has 12 heteroatoms. The molecule has 4 amide bonds. The fraction of sp³-hybridized carbons (Fsp3) is 0.596. The second-order valence-corrected chi connectivity index (χ2v) is 17.9. The lowest BCUT2D eigenvalue weighted by Gasteiger charge is -2.36. The molecule has 0 radical (unpaired) electrons. The fourth-order valence-corrected chi connectivity index (χ4v) is 8.07. The molecule has 1 aliphatic carbocycles. The molecule has 1 spiro atoms. The maximum atomic E-state index is 15.0. The van der Waals surface area contributed by atoms with Crippen LogP contribution in [0.2, 0.25) is 0 Å². The molecule has 1 saturated carbocycles. The molecule has 3 N–H and O–H groups in total. The van der Waals surface area contributed by atoms with Crippen molar-refractivity contribution in [2.75, 3.05) is 13.2 Å². The van der Waals surface area contributed by atoms with Gasteiger partial charge in [-0.1, -0.05) is 148 Å². The van der Waals surface area contributed by atoms with E-state index < -0.39 is 53.2 Å². The number of likely N-dealkylation sites (tertiary alicyclic amines) is 1.